The Balaban J connectivity index is 0.000000239. The lowest BCUT2D eigenvalue weighted by atomic mass is 10.1. The molecule has 1 aliphatic heterocycles. The molecule has 1 heterocycles. The number of hydrogen-bond donors (Lipinski definition) is 1. The SMILES string of the molecule is C=C/C(C)=C1/SCC(c2ccc(C)cc2)N1C.CC#Cc1ccc(NCC)c(N=C(C)N(C)Cc2ccccc2)c1. The first-order valence-corrected chi connectivity index (χ1v) is 15.1. The first-order valence-electron chi connectivity index (χ1n) is 14.1. The molecular weight excluding hydrogens is 520 g/mol. The van der Waals surface area contributed by atoms with Gasteiger partial charge in [-0.3, -0.25) is 0 Å². The lowest BCUT2D eigenvalue weighted by Crippen LogP contribution is -2.23. The number of amidine groups is 1. The lowest BCUT2D eigenvalue weighted by molar-refractivity contribution is 0.371. The van der Waals surface area contributed by atoms with E-state index in [4.69, 9.17) is 4.99 Å². The minimum Gasteiger partial charge on any atom is -0.384 e. The van der Waals surface area contributed by atoms with Gasteiger partial charge >= 0.3 is 0 Å². The average Bonchev–Trinajstić information content (AvgIpc) is 3.36. The van der Waals surface area contributed by atoms with Crippen LogP contribution in [-0.4, -0.2) is 42.0 Å². The van der Waals surface area contributed by atoms with Crippen LogP contribution in [0.5, 0.6) is 0 Å². The summed E-state index contributed by atoms with van der Waals surface area (Å²) < 4.78 is 0. The maximum absolute atomic E-state index is 4.83. The van der Waals surface area contributed by atoms with Crippen molar-refractivity contribution in [2.75, 3.05) is 31.7 Å². The Kier molecular flexibility index (Phi) is 12.2. The number of aryl methyl sites for hydroxylation is 1. The summed E-state index contributed by atoms with van der Waals surface area (Å²) in [6, 6.07) is 25.9. The summed E-state index contributed by atoms with van der Waals surface area (Å²) in [7, 11) is 4.24. The zero-order valence-electron chi connectivity index (χ0n) is 25.7. The van der Waals surface area contributed by atoms with Gasteiger partial charge < -0.3 is 15.1 Å². The second-order valence-corrected chi connectivity index (χ2v) is 11.2. The summed E-state index contributed by atoms with van der Waals surface area (Å²) in [5.41, 5.74) is 8.20. The molecule has 3 aromatic carbocycles. The van der Waals surface area contributed by atoms with Crippen molar-refractivity contribution in [1.82, 2.24) is 9.80 Å². The van der Waals surface area contributed by atoms with Crippen molar-refractivity contribution >= 4 is 29.0 Å². The number of rotatable bonds is 7. The smallest absolute Gasteiger partial charge is 0.102 e. The fraction of sp³-hybridized carbons (Fsp3) is 0.306. The van der Waals surface area contributed by atoms with E-state index < -0.39 is 0 Å². The molecule has 0 amide bonds. The van der Waals surface area contributed by atoms with Crippen LogP contribution in [0.2, 0.25) is 0 Å². The zero-order valence-corrected chi connectivity index (χ0v) is 26.5. The van der Waals surface area contributed by atoms with Crippen molar-refractivity contribution in [1.29, 1.82) is 0 Å². The Bertz CT molecular complexity index is 1410. The Morgan fingerprint density at radius 1 is 1.12 bits per heavy atom. The van der Waals surface area contributed by atoms with E-state index in [0.717, 1.165) is 41.6 Å². The molecule has 1 aliphatic rings. The highest BCUT2D eigenvalue weighted by molar-refractivity contribution is 8.03. The van der Waals surface area contributed by atoms with Crippen molar-refractivity contribution in [3.8, 4) is 11.8 Å². The van der Waals surface area contributed by atoms with Crippen LogP contribution in [0.15, 0.2) is 101 Å². The molecule has 4 nitrogen and oxygen atoms in total. The van der Waals surface area contributed by atoms with Crippen LogP contribution >= 0.6 is 11.8 Å². The van der Waals surface area contributed by atoms with Gasteiger partial charge in [0.1, 0.15) is 5.84 Å². The molecule has 1 atom stereocenters. The summed E-state index contributed by atoms with van der Waals surface area (Å²) in [5, 5.41) is 4.72. The molecule has 4 rings (SSSR count). The number of aliphatic imine (C=N–C) groups is 1. The predicted molar refractivity (Wildman–Crippen MR) is 181 cm³/mol. The van der Waals surface area contributed by atoms with Crippen molar-refractivity contribution in [3.05, 3.63) is 118 Å². The summed E-state index contributed by atoms with van der Waals surface area (Å²) in [6.45, 7) is 15.8. The summed E-state index contributed by atoms with van der Waals surface area (Å²) >= 11 is 1.92. The molecule has 1 unspecified atom stereocenters. The molecule has 41 heavy (non-hydrogen) atoms. The van der Waals surface area contributed by atoms with Crippen molar-refractivity contribution < 1.29 is 0 Å². The fourth-order valence-corrected chi connectivity index (χ4v) is 5.89. The van der Waals surface area contributed by atoms with E-state index in [9.17, 15) is 0 Å². The normalized spacial score (nSPS) is 15.7. The van der Waals surface area contributed by atoms with E-state index in [2.05, 4.69) is 117 Å². The summed E-state index contributed by atoms with van der Waals surface area (Å²) in [5.74, 6) is 8.14. The fourth-order valence-electron chi connectivity index (χ4n) is 4.52. The minimum absolute atomic E-state index is 0.491. The predicted octanol–water partition coefficient (Wildman–Crippen LogP) is 8.80. The molecule has 1 saturated heterocycles. The van der Waals surface area contributed by atoms with Gasteiger partial charge in [-0.05, 0) is 69.5 Å². The van der Waals surface area contributed by atoms with Crippen LogP contribution in [0.4, 0.5) is 11.4 Å². The number of benzene rings is 3. The Morgan fingerprint density at radius 2 is 1.83 bits per heavy atom. The summed E-state index contributed by atoms with van der Waals surface area (Å²) in [4.78, 5) is 9.35. The molecule has 3 aromatic rings. The third kappa shape index (κ3) is 9.06. The minimum atomic E-state index is 0.491. The van der Waals surface area contributed by atoms with Gasteiger partial charge in [0.15, 0.2) is 0 Å². The number of thioether (sulfide) groups is 1. The average molecular weight is 565 g/mol. The largest absolute Gasteiger partial charge is 0.384 e. The van der Waals surface area contributed by atoms with Gasteiger partial charge in [0.25, 0.3) is 0 Å². The number of hydrogen-bond acceptors (Lipinski definition) is 4. The van der Waals surface area contributed by atoms with Gasteiger partial charge in [-0.15, -0.1) is 17.7 Å². The molecule has 0 radical (unpaired) electrons. The van der Waals surface area contributed by atoms with Crippen LogP contribution in [0.1, 0.15) is 56.0 Å². The molecule has 0 aromatic heterocycles. The number of nitrogens with zero attached hydrogens (tertiary/aromatic N) is 3. The molecule has 1 N–H and O–H groups in total. The molecule has 5 heteroatoms. The van der Waals surface area contributed by atoms with E-state index in [1.807, 2.05) is 56.0 Å². The molecule has 0 bridgehead atoms. The molecule has 1 fully saturated rings. The Labute approximate surface area is 252 Å². The van der Waals surface area contributed by atoms with Crippen LogP contribution in [-0.2, 0) is 6.54 Å². The summed E-state index contributed by atoms with van der Waals surface area (Å²) in [6.07, 6.45) is 1.94. The van der Waals surface area contributed by atoms with Crippen LogP contribution < -0.4 is 5.32 Å². The van der Waals surface area contributed by atoms with Crippen molar-refractivity contribution in [2.45, 2.75) is 47.2 Å². The highest BCUT2D eigenvalue weighted by Gasteiger charge is 2.27. The second kappa shape index (κ2) is 15.8. The van der Waals surface area contributed by atoms with Crippen LogP contribution in [0, 0.1) is 18.8 Å². The molecule has 214 valence electrons. The molecule has 0 aliphatic carbocycles. The highest BCUT2D eigenvalue weighted by Crippen LogP contribution is 2.41. The van der Waals surface area contributed by atoms with Gasteiger partial charge in [-0.1, -0.05) is 78.7 Å². The number of allylic oxidation sites excluding steroid dienone is 2. The quantitative estimate of drug-likeness (QED) is 0.176. The van der Waals surface area contributed by atoms with Gasteiger partial charge in [0.05, 0.1) is 22.4 Å². The van der Waals surface area contributed by atoms with Gasteiger partial charge in [-0.25, -0.2) is 4.99 Å². The van der Waals surface area contributed by atoms with E-state index in [1.165, 1.54) is 27.3 Å². The van der Waals surface area contributed by atoms with Crippen molar-refractivity contribution in [3.63, 3.8) is 0 Å². The standard InChI is InChI=1S/C21H25N3.C15H19NS/c1-5-10-18-13-14-20(22-6-2)21(15-18)23-17(3)24(4)16-19-11-8-7-9-12-19;1-5-12(3)15-16(4)14(10-17-15)13-8-6-11(2)7-9-13/h7-9,11-15,22H,6,16H2,1-4H3;5-9,14H,1,10H2,2-4H3/b;15-12+. The van der Waals surface area contributed by atoms with E-state index in [1.54, 1.807) is 0 Å². The van der Waals surface area contributed by atoms with E-state index in [-0.39, 0.29) is 0 Å². The van der Waals surface area contributed by atoms with Crippen LogP contribution in [0.25, 0.3) is 0 Å². The van der Waals surface area contributed by atoms with Gasteiger partial charge in [-0.2, -0.15) is 0 Å². The Hall–Kier alpha value is -3.88. The molecule has 0 spiro atoms. The monoisotopic (exact) mass is 564 g/mol. The number of anilines is 1. The molecule has 0 saturated carbocycles. The van der Waals surface area contributed by atoms with E-state index in [0.29, 0.717) is 6.04 Å². The maximum atomic E-state index is 4.83. The maximum Gasteiger partial charge on any atom is 0.102 e. The second-order valence-electron chi connectivity index (χ2n) is 10.2. The van der Waals surface area contributed by atoms with E-state index >= 15 is 0 Å². The van der Waals surface area contributed by atoms with Gasteiger partial charge in [0.2, 0.25) is 0 Å². The topological polar surface area (TPSA) is 30.9 Å². The van der Waals surface area contributed by atoms with Crippen LogP contribution in [0.3, 0.4) is 0 Å². The highest BCUT2D eigenvalue weighted by atomic mass is 32.2. The lowest BCUT2D eigenvalue weighted by Gasteiger charge is -2.23. The third-order valence-corrected chi connectivity index (χ3v) is 8.37. The molecular formula is C36H44N4S. The number of nitrogens with one attached hydrogen (secondary N) is 1. The van der Waals surface area contributed by atoms with Gasteiger partial charge in [0, 0.05) is 38.5 Å². The van der Waals surface area contributed by atoms with Crippen molar-refractivity contribution in [2.24, 2.45) is 4.99 Å². The Morgan fingerprint density at radius 3 is 2.46 bits per heavy atom. The first-order chi connectivity index (χ1) is 19.8. The zero-order chi connectivity index (χ0) is 29.8. The third-order valence-electron chi connectivity index (χ3n) is 7.00. The first kappa shape index (κ1) is 31.6.